The van der Waals surface area contributed by atoms with Crippen molar-refractivity contribution in [3.8, 4) is 0 Å². The van der Waals surface area contributed by atoms with Crippen molar-refractivity contribution in [2.24, 2.45) is 0 Å². The van der Waals surface area contributed by atoms with Crippen LogP contribution in [0.3, 0.4) is 0 Å². The number of hydrogen-bond donors (Lipinski definition) is 3. The third kappa shape index (κ3) is 3.63. The van der Waals surface area contributed by atoms with Gasteiger partial charge in [-0.15, -0.1) is 0 Å². The molecule has 2 aliphatic rings. The molecule has 4 nitrogen and oxygen atoms in total. The lowest BCUT2D eigenvalue weighted by Crippen LogP contribution is -2.50. The van der Waals surface area contributed by atoms with E-state index in [0.29, 0.717) is 18.5 Å². The fourth-order valence-electron chi connectivity index (χ4n) is 3.36. The van der Waals surface area contributed by atoms with Crippen molar-refractivity contribution >= 4 is 6.03 Å². The average Bonchev–Trinajstić information content (AvgIpc) is 3.28. The Labute approximate surface area is 134 Å². The van der Waals surface area contributed by atoms with E-state index in [1.54, 1.807) is 0 Å². The number of amides is 2. The highest BCUT2D eigenvalue weighted by Gasteiger charge is 2.46. The SMILES string of the molecule is O=C(NCC1(c2ccc(F)cc2F)CC1)NC1CCCCC1O. The van der Waals surface area contributed by atoms with Gasteiger partial charge in [0.15, 0.2) is 0 Å². The zero-order chi connectivity index (χ0) is 16.4. The second-order valence-electron chi connectivity index (χ2n) is 6.69. The maximum atomic E-state index is 13.9. The van der Waals surface area contributed by atoms with Crippen molar-refractivity contribution in [1.82, 2.24) is 10.6 Å². The molecule has 23 heavy (non-hydrogen) atoms. The van der Waals surface area contributed by atoms with E-state index >= 15 is 0 Å². The van der Waals surface area contributed by atoms with Gasteiger partial charge in [0.05, 0.1) is 12.1 Å². The van der Waals surface area contributed by atoms with Crippen LogP contribution in [0.2, 0.25) is 0 Å². The molecule has 0 spiro atoms. The van der Waals surface area contributed by atoms with Gasteiger partial charge in [0.2, 0.25) is 0 Å². The van der Waals surface area contributed by atoms with E-state index in [-0.39, 0.29) is 12.1 Å². The molecule has 2 unspecified atom stereocenters. The Hall–Kier alpha value is -1.69. The number of halogens is 2. The number of nitrogens with one attached hydrogen (secondary N) is 2. The number of aliphatic hydroxyl groups excluding tert-OH is 1. The van der Waals surface area contributed by atoms with Crippen LogP contribution in [-0.4, -0.2) is 29.8 Å². The van der Waals surface area contributed by atoms with Crippen LogP contribution in [0.25, 0.3) is 0 Å². The Kier molecular flexibility index (Phi) is 4.53. The zero-order valence-corrected chi connectivity index (χ0v) is 12.9. The summed E-state index contributed by atoms with van der Waals surface area (Å²) in [4.78, 5) is 12.0. The van der Waals surface area contributed by atoms with E-state index in [4.69, 9.17) is 0 Å². The minimum atomic E-state index is -0.598. The Morgan fingerprint density at radius 1 is 1.26 bits per heavy atom. The smallest absolute Gasteiger partial charge is 0.315 e. The van der Waals surface area contributed by atoms with Crippen molar-refractivity contribution in [2.45, 2.75) is 56.1 Å². The summed E-state index contributed by atoms with van der Waals surface area (Å²) in [6.07, 6.45) is 4.48. The molecule has 3 N–H and O–H groups in total. The van der Waals surface area contributed by atoms with Gasteiger partial charge in [0.1, 0.15) is 11.6 Å². The van der Waals surface area contributed by atoms with Gasteiger partial charge in [-0.3, -0.25) is 0 Å². The monoisotopic (exact) mass is 324 g/mol. The average molecular weight is 324 g/mol. The summed E-state index contributed by atoms with van der Waals surface area (Å²) in [5.41, 5.74) is 0.0252. The topological polar surface area (TPSA) is 61.4 Å². The van der Waals surface area contributed by atoms with Gasteiger partial charge < -0.3 is 15.7 Å². The molecule has 2 fully saturated rings. The van der Waals surface area contributed by atoms with Gasteiger partial charge in [-0.1, -0.05) is 18.9 Å². The molecular formula is C17H22F2N2O2. The second kappa shape index (κ2) is 6.43. The molecule has 2 aliphatic carbocycles. The fourth-order valence-corrected chi connectivity index (χ4v) is 3.36. The van der Waals surface area contributed by atoms with Crippen molar-refractivity contribution in [3.05, 3.63) is 35.4 Å². The maximum absolute atomic E-state index is 13.9. The molecule has 0 bridgehead atoms. The minimum absolute atomic E-state index is 0.221. The molecule has 3 rings (SSSR count). The predicted molar refractivity (Wildman–Crippen MR) is 82.1 cm³/mol. The zero-order valence-electron chi connectivity index (χ0n) is 12.9. The molecular weight excluding hydrogens is 302 g/mol. The third-order valence-corrected chi connectivity index (χ3v) is 4.99. The summed E-state index contributed by atoms with van der Waals surface area (Å²) in [6.45, 7) is 0.310. The molecule has 6 heteroatoms. The largest absolute Gasteiger partial charge is 0.391 e. The lowest BCUT2D eigenvalue weighted by Gasteiger charge is -2.28. The first-order chi connectivity index (χ1) is 11.0. The van der Waals surface area contributed by atoms with E-state index in [2.05, 4.69) is 10.6 Å². The van der Waals surface area contributed by atoms with Gasteiger partial charge in [0.25, 0.3) is 0 Å². The molecule has 1 aromatic carbocycles. The van der Waals surface area contributed by atoms with Crippen LogP contribution in [0.1, 0.15) is 44.1 Å². The number of urea groups is 1. The van der Waals surface area contributed by atoms with E-state index in [9.17, 15) is 18.7 Å². The molecule has 0 saturated heterocycles. The predicted octanol–water partition coefficient (Wildman–Crippen LogP) is 2.60. The van der Waals surface area contributed by atoms with Crippen molar-refractivity contribution in [1.29, 1.82) is 0 Å². The number of carbonyl (C=O) groups excluding carboxylic acids is 1. The number of carbonyl (C=O) groups is 1. The lowest BCUT2D eigenvalue weighted by molar-refractivity contribution is 0.0943. The normalized spacial score (nSPS) is 25.7. The lowest BCUT2D eigenvalue weighted by atomic mass is 9.93. The summed E-state index contributed by atoms with van der Waals surface area (Å²) >= 11 is 0. The van der Waals surface area contributed by atoms with Crippen LogP contribution in [0.4, 0.5) is 13.6 Å². The molecule has 0 aromatic heterocycles. The van der Waals surface area contributed by atoms with Crippen LogP contribution < -0.4 is 10.6 Å². The Bertz CT molecular complexity index is 590. The molecule has 2 saturated carbocycles. The van der Waals surface area contributed by atoms with Crippen molar-refractivity contribution in [2.75, 3.05) is 6.54 Å². The summed E-state index contributed by atoms with van der Waals surface area (Å²) < 4.78 is 27.0. The summed E-state index contributed by atoms with van der Waals surface area (Å²) in [7, 11) is 0. The van der Waals surface area contributed by atoms with Gasteiger partial charge in [-0.2, -0.15) is 0 Å². The molecule has 0 aliphatic heterocycles. The fraction of sp³-hybridized carbons (Fsp3) is 0.588. The van der Waals surface area contributed by atoms with Crippen molar-refractivity contribution in [3.63, 3.8) is 0 Å². The highest BCUT2D eigenvalue weighted by Crippen LogP contribution is 2.48. The van der Waals surface area contributed by atoms with Crippen molar-refractivity contribution < 1.29 is 18.7 Å². The highest BCUT2D eigenvalue weighted by molar-refractivity contribution is 5.74. The molecule has 0 heterocycles. The molecule has 126 valence electrons. The number of aliphatic hydroxyl groups is 1. The van der Waals surface area contributed by atoms with Crippen LogP contribution >= 0.6 is 0 Å². The van der Waals surface area contributed by atoms with Gasteiger partial charge in [0, 0.05) is 18.0 Å². The Balaban J connectivity index is 1.56. The number of benzene rings is 1. The first-order valence-corrected chi connectivity index (χ1v) is 8.18. The Morgan fingerprint density at radius 2 is 2.00 bits per heavy atom. The maximum Gasteiger partial charge on any atom is 0.315 e. The molecule has 2 atom stereocenters. The Morgan fingerprint density at radius 3 is 2.65 bits per heavy atom. The standard InChI is InChI=1S/C17H22F2N2O2/c18-11-5-6-12(13(19)9-11)17(7-8-17)10-20-16(23)21-14-3-1-2-4-15(14)22/h5-6,9,14-15,22H,1-4,7-8,10H2,(H2,20,21,23). The minimum Gasteiger partial charge on any atom is -0.391 e. The van der Waals surface area contributed by atoms with Gasteiger partial charge in [-0.25, -0.2) is 13.6 Å². The second-order valence-corrected chi connectivity index (χ2v) is 6.69. The van der Waals surface area contributed by atoms with Gasteiger partial charge in [-0.05, 0) is 37.3 Å². The molecule has 2 amide bonds. The van der Waals surface area contributed by atoms with Crippen LogP contribution in [0.15, 0.2) is 18.2 Å². The van der Waals surface area contributed by atoms with Crippen LogP contribution in [-0.2, 0) is 5.41 Å². The summed E-state index contributed by atoms with van der Waals surface area (Å²) in [5.74, 6) is -1.16. The molecule has 1 aromatic rings. The summed E-state index contributed by atoms with van der Waals surface area (Å²) in [6, 6.07) is 3.03. The highest BCUT2D eigenvalue weighted by atomic mass is 19.1. The summed E-state index contributed by atoms with van der Waals surface area (Å²) in [5, 5.41) is 15.4. The molecule has 0 radical (unpaired) electrons. The van der Waals surface area contributed by atoms with Crippen LogP contribution in [0.5, 0.6) is 0 Å². The first-order valence-electron chi connectivity index (χ1n) is 8.18. The first kappa shape index (κ1) is 16.2. The van der Waals surface area contributed by atoms with Crippen LogP contribution in [0, 0.1) is 11.6 Å². The third-order valence-electron chi connectivity index (χ3n) is 4.99. The number of hydrogen-bond acceptors (Lipinski definition) is 2. The van der Waals surface area contributed by atoms with E-state index in [0.717, 1.165) is 38.2 Å². The van der Waals surface area contributed by atoms with E-state index in [1.165, 1.54) is 12.1 Å². The van der Waals surface area contributed by atoms with E-state index in [1.807, 2.05) is 0 Å². The van der Waals surface area contributed by atoms with Gasteiger partial charge >= 0.3 is 6.03 Å². The number of rotatable bonds is 4. The van der Waals surface area contributed by atoms with E-state index < -0.39 is 23.2 Å². The quantitative estimate of drug-likeness (QED) is 0.797.